The summed E-state index contributed by atoms with van der Waals surface area (Å²) in [6.07, 6.45) is 4.44. The fourth-order valence-electron chi connectivity index (χ4n) is 1.82. The van der Waals surface area contributed by atoms with Gasteiger partial charge in [0, 0.05) is 24.8 Å². The van der Waals surface area contributed by atoms with Gasteiger partial charge in [-0.2, -0.15) is 0 Å². The molecule has 0 spiro atoms. The predicted molar refractivity (Wildman–Crippen MR) is 77.3 cm³/mol. The number of nitro groups is 1. The minimum atomic E-state index is -0.452. The Hall–Kier alpha value is -2.89. The Kier molecular flexibility index (Phi) is 4.50. The van der Waals surface area contributed by atoms with E-state index in [4.69, 9.17) is 4.42 Å². The molecule has 0 N–H and O–H groups in total. The molecule has 6 nitrogen and oxygen atoms in total. The van der Waals surface area contributed by atoms with Crippen molar-refractivity contribution < 1.29 is 14.1 Å². The van der Waals surface area contributed by atoms with E-state index >= 15 is 0 Å². The number of hydrogen-bond acceptors (Lipinski definition) is 4. The van der Waals surface area contributed by atoms with Gasteiger partial charge in [-0.1, -0.05) is 18.2 Å². The van der Waals surface area contributed by atoms with Crippen molar-refractivity contribution in [2.24, 2.45) is 0 Å². The maximum absolute atomic E-state index is 12.0. The maximum Gasteiger partial charge on any atom is 0.274 e. The molecule has 0 aliphatic heterocycles. The smallest absolute Gasteiger partial charge is 0.274 e. The molecule has 0 unspecified atom stereocenters. The van der Waals surface area contributed by atoms with Crippen molar-refractivity contribution in [1.82, 2.24) is 4.90 Å². The van der Waals surface area contributed by atoms with Gasteiger partial charge >= 0.3 is 0 Å². The minimum Gasteiger partial charge on any atom is -0.465 e. The molecule has 2 rings (SSSR count). The zero-order valence-corrected chi connectivity index (χ0v) is 11.4. The van der Waals surface area contributed by atoms with E-state index in [0.29, 0.717) is 11.3 Å². The summed E-state index contributed by atoms with van der Waals surface area (Å²) in [6, 6.07) is 9.82. The first-order chi connectivity index (χ1) is 10.1. The largest absolute Gasteiger partial charge is 0.465 e. The molecular formula is C15H14N2O4. The van der Waals surface area contributed by atoms with Gasteiger partial charge in [0.15, 0.2) is 0 Å². The topological polar surface area (TPSA) is 76.6 Å². The van der Waals surface area contributed by atoms with Crippen molar-refractivity contribution >= 4 is 17.7 Å². The van der Waals surface area contributed by atoms with Crippen LogP contribution in [-0.2, 0) is 11.3 Å². The first-order valence-corrected chi connectivity index (χ1v) is 6.27. The van der Waals surface area contributed by atoms with Crippen LogP contribution in [0.5, 0.6) is 0 Å². The highest BCUT2D eigenvalue weighted by molar-refractivity contribution is 5.91. The fraction of sp³-hybridized carbons (Fsp3) is 0.133. The second kappa shape index (κ2) is 6.51. The number of carbonyl (C=O) groups excluding carboxylic acids is 1. The Morgan fingerprint density at radius 1 is 1.33 bits per heavy atom. The quantitative estimate of drug-likeness (QED) is 0.481. The number of amides is 1. The molecule has 108 valence electrons. The van der Waals surface area contributed by atoms with Gasteiger partial charge in [-0.15, -0.1) is 0 Å². The summed E-state index contributed by atoms with van der Waals surface area (Å²) in [4.78, 5) is 23.8. The number of rotatable bonds is 5. The van der Waals surface area contributed by atoms with Crippen LogP contribution in [0.15, 0.2) is 53.2 Å². The molecule has 6 heteroatoms. The Morgan fingerprint density at radius 2 is 2.10 bits per heavy atom. The van der Waals surface area contributed by atoms with Crippen LogP contribution in [0.25, 0.3) is 6.08 Å². The van der Waals surface area contributed by atoms with Crippen molar-refractivity contribution in [2.45, 2.75) is 6.54 Å². The normalized spacial score (nSPS) is 10.7. The third-order valence-corrected chi connectivity index (χ3v) is 2.91. The highest BCUT2D eigenvalue weighted by Crippen LogP contribution is 2.19. The number of likely N-dealkylation sites (N-methyl/N-ethyl adjacent to an activating group) is 1. The van der Waals surface area contributed by atoms with E-state index in [-0.39, 0.29) is 18.1 Å². The Bertz CT molecular complexity index is 662. The lowest BCUT2D eigenvalue weighted by Crippen LogP contribution is -2.24. The molecule has 0 saturated carbocycles. The molecule has 21 heavy (non-hydrogen) atoms. The summed E-state index contributed by atoms with van der Waals surface area (Å²) in [5.74, 6) is 0.312. The minimum absolute atomic E-state index is 0.00663. The van der Waals surface area contributed by atoms with Crippen molar-refractivity contribution in [3.8, 4) is 0 Å². The summed E-state index contributed by atoms with van der Waals surface area (Å²) in [5, 5.41) is 10.9. The Labute approximate surface area is 121 Å². The van der Waals surface area contributed by atoms with Gasteiger partial charge in [-0.05, 0) is 18.2 Å². The van der Waals surface area contributed by atoms with Crippen LogP contribution < -0.4 is 0 Å². The van der Waals surface area contributed by atoms with E-state index in [1.807, 2.05) is 0 Å². The molecule has 1 aromatic heterocycles. The van der Waals surface area contributed by atoms with Gasteiger partial charge in [0.1, 0.15) is 5.76 Å². The molecule has 0 fully saturated rings. The molecular weight excluding hydrogens is 272 g/mol. The lowest BCUT2D eigenvalue weighted by atomic mass is 10.1. The fourth-order valence-corrected chi connectivity index (χ4v) is 1.82. The molecule has 0 atom stereocenters. The first kappa shape index (κ1) is 14.5. The third-order valence-electron chi connectivity index (χ3n) is 2.91. The lowest BCUT2D eigenvalue weighted by molar-refractivity contribution is -0.385. The van der Waals surface area contributed by atoms with E-state index in [2.05, 4.69) is 0 Å². The summed E-state index contributed by atoms with van der Waals surface area (Å²) in [6.45, 7) is 0.165. The SMILES string of the molecule is CN(Cc1ccccc1[N+](=O)[O-])C(=O)C=Cc1ccco1. The highest BCUT2D eigenvalue weighted by atomic mass is 16.6. The highest BCUT2D eigenvalue weighted by Gasteiger charge is 2.15. The number of furan rings is 1. The lowest BCUT2D eigenvalue weighted by Gasteiger charge is -2.15. The zero-order valence-electron chi connectivity index (χ0n) is 11.4. The summed E-state index contributed by atoms with van der Waals surface area (Å²) in [5.41, 5.74) is 0.497. The summed E-state index contributed by atoms with van der Waals surface area (Å²) < 4.78 is 5.09. The van der Waals surface area contributed by atoms with Crippen LogP contribution in [-0.4, -0.2) is 22.8 Å². The van der Waals surface area contributed by atoms with Gasteiger partial charge in [-0.25, -0.2) is 0 Å². The van der Waals surface area contributed by atoms with Crippen LogP contribution in [0.2, 0.25) is 0 Å². The van der Waals surface area contributed by atoms with Crippen LogP contribution in [0.4, 0.5) is 5.69 Å². The number of carbonyl (C=O) groups is 1. The van der Waals surface area contributed by atoms with Gasteiger partial charge < -0.3 is 9.32 Å². The average Bonchev–Trinajstić information content (AvgIpc) is 2.98. The molecule has 1 aromatic carbocycles. The van der Waals surface area contributed by atoms with Crippen molar-refractivity contribution in [3.05, 3.63) is 70.2 Å². The maximum atomic E-state index is 12.0. The third kappa shape index (κ3) is 3.79. The van der Waals surface area contributed by atoms with E-state index < -0.39 is 4.92 Å². The standard InChI is InChI=1S/C15H14N2O4/c1-16(15(18)9-8-13-6-4-10-21-13)11-12-5-2-3-7-14(12)17(19)20/h2-10H,11H2,1H3. The van der Waals surface area contributed by atoms with Gasteiger partial charge in [0.25, 0.3) is 5.69 Å². The molecule has 2 aromatic rings. The molecule has 0 aliphatic carbocycles. The van der Waals surface area contributed by atoms with E-state index in [1.54, 1.807) is 43.5 Å². The second-order valence-corrected chi connectivity index (χ2v) is 4.43. The molecule has 0 bridgehead atoms. The second-order valence-electron chi connectivity index (χ2n) is 4.43. The monoisotopic (exact) mass is 286 g/mol. The summed E-state index contributed by atoms with van der Waals surface area (Å²) in [7, 11) is 1.59. The van der Waals surface area contributed by atoms with Crippen molar-refractivity contribution in [3.63, 3.8) is 0 Å². The molecule has 0 radical (unpaired) electrons. The van der Waals surface area contributed by atoms with Crippen molar-refractivity contribution in [1.29, 1.82) is 0 Å². The van der Waals surface area contributed by atoms with Gasteiger partial charge in [0.2, 0.25) is 5.91 Å². The molecule has 0 aliphatic rings. The number of nitrogens with zero attached hydrogens (tertiary/aromatic N) is 2. The first-order valence-electron chi connectivity index (χ1n) is 6.27. The Balaban J connectivity index is 2.06. The zero-order chi connectivity index (χ0) is 15.2. The number of para-hydroxylation sites is 1. The number of benzene rings is 1. The number of nitro benzene ring substituents is 1. The van der Waals surface area contributed by atoms with E-state index in [1.165, 1.54) is 23.3 Å². The van der Waals surface area contributed by atoms with Crippen LogP contribution in [0.1, 0.15) is 11.3 Å². The molecule has 0 saturated heterocycles. The predicted octanol–water partition coefficient (Wildman–Crippen LogP) is 2.86. The van der Waals surface area contributed by atoms with Crippen molar-refractivity contribution in [2.75, 3.05) is 7.05 Å². The Morgan fingerprint density at radius 3 is 2.76 bits per heavy atom. The molecule has 1 heterocycles. The van der Waals surface area contributed by atoms with E-state index in [0.717, 1.165) is 0 Å². The average molecular weight is 286 g/mol. The van der Waals surface area contributed by atoms with E-state index in [9.17, 15) is 14.9 Å². The van der Waals surface area contributed by atoms with Crippen LogP contribution in [0.3, 0.4) is 0 Å². The molecule has 1 amide bonds. The van der Waals surface area contributed by atoms with Gasteiger partial charge in [0.05, 0.1) is 17.7 Å². The summed E-state index contributed by atoms with van der Waals surface area (Å²) >= 11 is 0. The van der Waals surface area contributed by atoms with Crippen LogP contribution in [0, 0.1) is 10.1 Å². The van der Waals surface area contributed by atoms with Gasteiger partial charge in [-0.3, -0.25) is 14.9 Å². The van der Waals surface area contributed by atoms with Crippen LogP contribution >= 0.6 is 0 Å². The number of hydrogen-bond donors (Lipinski definition) is 0.